The maximum Gasteiger partial charge on any atom is 0.329 e. The molecule has 0 bridgehead atoms. The largest absolute Gasteiger partial charge is 0.491 e. The lowest BCUT2D eigenvalue weighted by Gasteiger charge is -2.06. The van der Waals surface area contributed by atoms with E-state index >= 15 is 0 Å². The van der Waals surface area contributed by atoms with Crippen LogP contribution in [-0.4, -0.2) is 35.9 Å². The van der Waals surface area contributed by atoms with Gasteiger partial charge in [0.2, 0.25) is 0 Å². The van der Waals surface area contributed by atoms with Crippen molar-refractivity contribution in [3.63, 3.8) is 0 Å². The molecule has 94 valence electrons. The van der Waals surface area contributed by atoms with Crippen LogP contribution in [-0.2, 0) is 9.53 Å². The Labute approximate surface area is 104 Å². The van der Waals surface area contributed by atoms with Crippen LogP contribution in [0.4, 0.5) is 0 Å². The van der Waals surface area contributed by atoms with Crippen molar-refractivity contribution in [1.82, 2.24) is 4.98 Å². The molecule has 1 aromatic carbocycles. The first-order chi connectivity index (χ1) is 8.75. The Balaban J connectivity index is 1.86. The molecule has 0 saturated carbocycles. The molecular weight excluding hydrogens is 234 g/mol. The molecule has 0 aliphatic rings. The number of carboxylic acid groups (broad SMARTS) is 1. The van der Waals surface area contributed by atoms with Crippen LogP contribution in [0.1, 0.15) is 0 Å². The second-order valence-corrected chi connectivity index (χ2v) is 3.65. The monoisotopic (exact) mass is 247 g/mol. The fourth-order valence-corrected chi connectivity index (χ4v) is 1.52. The Morgan fingerprint density at radius 2 is 2.17 bits per heavy atom. The fourth-order valence-electron chi connectivity index (χ4n) is 1.52. The van der Waals surface area contributed by atoms with E-state index < -0.39 is 5.97 Å². The predicted molar refractivity (Wildman–Crippen MR) is 65.7 cm³/mol. The van der Waals surface area contributed by atoms with Gasteiger partial charge >= 0.3 is 5.97 Å². The molecule has 0 radical (unpaired) electrons. The highest BCUT2D eigenvalue weighted by molar-refractivity contribution is 5.79. The average molecular weight is 247 g/mol. The van der Waals surface area contributed by atoms with Gasteiger partial charge in [0.15, 0.2) is 0 Å². The summed E-state index contributed by atoms with van der Waals surface area (Å²) in [4.78, 5) is 14.4. The Kier molecular flexibility index (Phi) is 4.09. The van der Waals surface area contributed by atoms with Crippen LogP contribution in [0, 0.1) is 0 Å². The second kappa shape index (κ2) is 5.97. The van der Waals surface area contributed by atoms with E-state index in [4.69, 9.17) is 14.6 Å². The number of benzene rings is 1. The van der Waals surface area contributed by atoms with E-state index in [1.54, 1.807) is 6.20 Å². The van der Waals surface area contributed by atoms with Crippen LogP contribution in [0.5, 0.6) is 5.75 Å². The van der Waals surface area contributed by atoms with E-state index in [0.717, 1.165) is 16.7 Å². The molecule has 0 spiro atoms. The van der Waals surface area contributed by atoms with Crippen LogP contribution in [0.25, 0.3) is 10.9 Å². The van der Waals surface area contributed by atoms with Gasteiger partial charge in [-0.25, -0.2) is 4.79 Å². The molecule has 0 aliphatic heterocycles. The number of rotatable bonds is 6. The summed E-state index contributed by atoms with van der Waals surface area (Å²) in [5, 5.41) is 9.38. The molecule has 1 N–H and O–H groups in total. The minimum atomic E-state index is -0.980. The van der Waals surface area contributed by atoms with Crippen LogP contribution in [0.15, 0.2) is 36.5 Å². The molecule has 0 saturated heterocycles. The molecule has 0 fully saturated rings. The van der Waals surface area contributed by atoms with Crippen LogP contribution in [0.2, 0.25) is 0 Å². The molecular formula is C13H13NO4. The van der Waals surface area contributed by atoms with Gasteiger partial charge in [0.05, 0.1) is 12.1 Å². The molecule has 5 nitrogen and oxygen atoms in total. The first-order valence-electron chi connectivity index (χ1n) is 5.53. The molecule has 2 rings (SSSR count). The summed E-state index contributed by atoms with van der Waals surface area (Å²) in [6, 6.07) is 9.41. The zero-order valence-corrected chi connectivity index (χ0v) is 9.70. The minimum Gasteiger partial charge on any atom is -0.491 e. The van der Waals surface area contributed by atoms with Gasteiger partial charge in [0.1, 0.15) is 19.0 Å². The summed E-state index contributed by atoms with van der Waals surface area (Å²) in [5.41, 5.74) is 0.909. The van der Waals surface area contributed by atoms with E-state index in [2.05, 4.69) is 4.98 Å². The van der Waals surface area contributed by atoms with Gasteiger partial charge in [-0.3, -0.25) is 4.98 Å². The van der Waals surface area contributed by atoms with E-state index in [1.807, 2.05) is 30.3 Å². The average Bonchev–Trinajstić information content (AvgIpc) is 2.38. The molecule has 1 heterocycles. The van der Waals surface area contributed by atoms with Crippen LogP contribution < -0.4 is 4.74 Å². The quantitative estimate of drug-likeness (QED) is 0.787. The lowest BCUT2D eigenvalue weighted by atomic mass is 10.2. The number of hydrogen-bond donors (Lipinski definition) is 1. The molecule has 0 unspecified atom stereocenters. The van der Waals surface area contributed by atoms with Crippen molar-refractivity contribution in [2.45, 2.75) is 0 Å². The standard InChI is InChI=1S/C13H13NO4/c15-13(16)9-17-6-7-18-11-3-4-12-10(8-11)2-1-5-14-12/h1-5,8H,6-7,9H2,(H,15,16). The van der Waals surface area contributed by atoms with Crippen molar-refractivity contribution in [3.05, 3.63) is 36.5 Å². The third-order valence-corrected chi connectivity index (χ3v) is 2.30. The van der Waals surface area contributed by atoms with Crippen molar-refractivity contribution >= 4 is 16.9 Å². The molecule has 0 atom stereocenters. The third kappa shape index (κ3) is 3.43. The van der Waals surface area contributed by atoms with Crippen molar-refractivity contribution in [1.29, 1.82) is 0 Å². The first kappa shape index (κ1) is 12.3. The maximum absolute atomic E-state index is 10.2. The summed E-state index contributed by atoms with van der Waals surface area (Å²) >= 11 is 0. The van der Waals surface area contributed by atoms with Crippen LogP contribution >= 0.6 is 0 Å². The summed E-state index contributed by atoms with van der Waals surface area (Å²) in [6.45, 7) is 0.265. The number of ether oxygens (including phenoxy) is 2. The SMILES string of the molecule is O=C(O)COCCOc1ccc2ncccc2c1. The second-order valence-electron chi connectivity index (χ2n) is 3.65. The number of aromatic nitrogens is 1. The lowest BCUT2D eigenvalue weighted by molar-refractivity contribution is -0.142. The van der Waals surface area contributed by atoms with Gasteiger partial charge < -0.3 is 14.6 Å². The smallest absolute Gasteiger partial charge is 0.329 e. The molecule has 2 aromatic rings. The Morgan fingerprint density at radius 1 is 1.28 bits per heavy atom. The maximum atomic E-state index is 10.2. The normalized spacial score (nSPS) is 10.4. The minimum absolute atomic E-state index is 0.247. The van der Waals surface area contributed by atoms with Gasteiger partial charge in [-0.1, -0.05) is 6.07 Å². The van der Waals surface area contributed by atoms with Gasteiger partial charge in [-0.15, -0.1) is 0 Å². The van der Waals surface area contributed by atoms with Gasteiger partial charge in [-0.05, 0) is 24.3 Å². The summed E-state index contributed by atoms with van der Waals surface area (Å²) < 4.78 is 10.3. The molecule has 5 heteroatoms. The predicted octanol–water partition coefficient (Wildman–Crippen LogP) is 1.71. The lowest BCUT2D eigenvalue weighted by Crippen LogP contribution is -2.12. The molecule has 18 heavy (non-hydrogen) atoms. The van der Waals surface area contributed by atoms with E-state index in [1.165, 1.54) is 0 Å². The fraction of sp³-hybridized carbons (Fsp3) is 0.231. The number of carbonyl (C=O) groups is 1. The zero-order valence-electron chi connectivity index (χ0n) is 9.70. The summed E-state index contributed by atoms with van der Waals surface area (Å²) in [7, 11) is 0. The highest BCUT2D eigenvalue weighted by atomic mass is 16.5. The molecule has 1 aromatic heterocycles. The van der Waals surface area contributed by atoms with Gasteiger partial charge in [0.25, 0.3) is 0 Å². The van der Waals surface area contributed by atoms with Crippen LogP contribution in [0.3, 0.4) is 0 Å². The number of carboxylic acids is 1. The number of hydrogen-bond acceptors (Lipinski definition) is 4. The Hall–Kier alpha value is -2.14. The number of aliphatic carboxylic acids is 1. The number of fused-ring (bicyclic) bond motifs is 1. The number of pyridine rings is 1. The summed E-state index contributed by atoms with van der Waals surface area (Å²) in [6.07, 6.45) is 1.74. The van der Waals surface area contributed by atoms with Gasteiger partial charge in [-0.2, -0.15) is 0 Å². The highest BCUT2D eigenvalue weighted by Crippen LogP contribution is 2.18. The van der Waals surface area contributed by atoms with Gasteiger partial charge in [0, 0.05) is 11.6 Å². The van der Waals surface area contributed by atoms with Crippen molar-refractivity contribution in [3.8, 4) is 5.75 Å². The van der Waals surface area contributed by atoms with E-state index in [9.17, 15) is 4.79 Å². The highest BCUT2D eigenvalue weighted by Gasteiger charge is 1.99. The molecule has 0 amide bonds. The Morgan fingerprint density at radius 3 is 3.00 bits per heavy atom. The van der Waals surface area contributed by atoms with Crippen molar-refractivity contribution in [2.24, 2.45) is 0 Å². The third-order valence-electron chi connectivity index (χ3n) is 2.30. The Bertz CT molecular complexity index is 541. The van der Waals surface area contributed by atoms with Crippen molar-refractivity contribution < 1.29 is 19.4 Å². The van der Waals surface area contributed by atoms with Crippen molar-refractivity contribution in [2.75, 3.05) is 19.8 Å². The number of nitrogens with zero attached hydrogens (tertiary/aromatic N) is 1. The first-order valence-corrected chi connectivity index (χ1v) is 5.53. The topological polar surface area (TPSA) is 68.7 Å². The zero-order chi connectivity index (χ0) is 12.8. The van der Waals surface area contributed by atoms with E-state index in [0.29, 0.717) is 6.61 Å². The van der Waals surface area contributed by atoms with E-state index in [-0.39, 0.29) is 13.2 Å². The molecule has 0 aliphatic carbocycles. The summed E-state index contributed by atoms with van der Waals surface area (Å²) in [5.74, 6) is -0.263.